The second kappa shape index (κ2) is 19.7. The van der Waals surface area contributed by atoms with Crippen molar-refractivity contribution in [2.24, 2.45) is 11.5 Å². The highest BCUT2D eigenvalue weighted by molar-refractivity contribution is 5.96. The first-order valence-electron chi connectivity index (χ1n) is 14.3. The smallest absolute Gasteiger partial charge is 0.311 e. The molecule has 0 saturated carbocycles. The number of unbranched alkanes of at least 4 members (excludes halogenated alkanes) is 1. The molecule has 0 atom stereocenters. The van der Waals surface area contributed by atoms with Gasteiger partial charge in [-0.2, -0.15) is 0 Å². The van der Waals surface area contributed by atoms with E-state index in [2.05, 4.69) is 47.8 Å². The predicted molar refractivity (Wildman–Crippen MR) is 181 cm³/mol. The zero-order chi connectivity index (χ0) is 27.5. The Morgan fingerprint density at radius 1 is 0.833 bits per heavy atom. The lowest BCUT2D eigenvalue weighted by molar-refractivity contribution is -0.139. The molecule has 2 aromatic rings. The molecule has 7 nitrogen and oxygen atoms in total. The van der Waals surface area contributed by atoms with Crippen LogP contribution in [0.5, 0.6) is 0 Å². The van der Waals surface area contributed by atoms with Gasteiger partial charge in [-0.3, -0.25) is 9.59 Å². The van der Waals surface area contributed by atoms with Crippen LogP contribution in [0.15, 0.2) is 42.2 Å². The van der Waals surface area contributed by atoms with Crippen LogP contribution in [-0.4, -0.2) is 56.0 Å². The molecule has 0 spiro atoms. The number of ether oxygens (including phenoxy) is 1. The van der Waals surface area contributed by atoms with Crippen molar-refractivity contribution in [3.63, 3.8) is 0 Å². The van der Waals surface area contributed by atoms with Crippen LogP contribution < -0.4 is 27.2 Å². The number of halogens is 3. The first-order chi connectivity index (χ1) is 19.1. The summed E-state index contributed by atoms with van der Waals surface area (Å²) in [5.41, 5.74) is 13.7. The largest absolute Gasteiger partial charge is 0.427 e. The first kappa shape index (κ1) is 37.6. The number of amides is 1. The van der Waals surface area contributed by atoms with Crippen molar-refractivity contribution in [3.05, 3.63) is 63.7 Å². The monoisotopic (exact) mass is 638 g/mol. The SMILES string of the molecule is Cl.Cl.Cl.NCCCNCCCCN(CCCN)C(=O)CCCC(=O)OC1=CCc2c(ccc3c4c(ccc23)=CC=C4)=C1. The summed E-state index contributed by atoms with van der Waals surface area (Å²) in [5, 5.41) is 8.19. The molecule has 2 aliphatic carbocycles. The molecule has 0 heterocycles. The number of hydrogen-bond acceptors (Lipinski definition) is 6. The Kier molecular flexibility index (Phi) is 17.7. The van der Waals surface area contributed by atoms with E-state index in [1.807, 2.05) is 17.1 Å². The van der Waals surface area contributed by atoms with E-state index in [1.165, 1.54) is 27.1 Å². The fourth-order valence-corrected chi connectivity index (χ4v) is 5.23. The standard InChI is InChI=1S/C32H42N4O3.3ClH/c33-17-5-20-35-19-1-2-21-36(22-6-18-34)31(37)9-4-10-32(38)39-26-13-16-28-25(23-26)12-15-29-27-8-3-7-24(27)11-14-30(28)29;;;/h3,7-8,11-15,23,35H,1-2,4-6,9-10,16-22,33-34H2;3*1H. The highest BCUT2D eigenvalue weighted by Gasteiger charge is 2.16. The number of hydrogen-bond donors (Lipinski definition) is 3. The number of fused-ring (bicyclic) bond motifs is 5. The molecular weight excluding hydrogens is 595 g/mol. The Balaban J connectivity index is 0.00000294. The topological polar surface area (TPSA) is 111 Å². The van der Waals surface area contributed by atoms with Gasteiger partial charge in [0.2, 0.25) is 5.91 Å². The quantitative estimate of drug-likeness (QED) is 0.191. The zero-order valence-electron chi connectivity index (χ0n) is 24.1. The van der Waals surface area contributed by atoms with Crippen molar-refractivity contribution >= 4 is 78.1 Å². The Labute approximate surface area is 267 Å². The van der Waals surface area contributed by atoms with Crippen molar-refractivity contribution in [2.75, 3.05) is 39.3 Å². The van der Waals surface area contributed by atoms with Gasteiger partial charge in [0, 0.05) is 25.9 Å². The number of nitrogens with zero attached hydrogens (tertiary/aromatic N) is 1. The van der Waals surface area contributed by atoms with Crippen LogP contribution in [0.2, 0.25) is 0 Å². The zero-order valence-corrected chi connectivity index (χ0v) is 26.6. The van der Waals surface area contributed by atoms with Gasteiger partial charge in [0.05, 0.1) is 0 Å². The summed E-state index contributed by atoms with van der Waals surface area (Å²) in [7, 11) is 0. The minimum atomic E-state index is -0.301. The van der Waals surface area contributed by atoms with Crippen LogP contribution >= 0.6 is 37.2 Å². The lowest BCUT2D eigenvalue weighted by atomic mass is 9.94. The minimum absolute atomic E-state index is 0. The van der Waals surface area contributed by atoms with E-state index in [9.17, 15) is 9.59 Å². The van der Waals surface area contributed by atoms with Gasteiger partial charge in [0.15, 0.2) is 0 Å². The number of benzene rings is 2. The molecule has 1 amide bonds. The highest BCUT2D eigenvalue weighted by atomic mass is 35.5. The normalized spacial score (nSPS) is 12.4. The van der Waals surface area contributed by atoms with Crippen LogP contribution in [0.3, 0.4) is 0 Å². The third-order valence-corrected chi connectivity index (χ3v) is 7.35. The molecule has 0 saturated heterocycles. The third kappa shape index (κ3) is 10.4. The van der Waals surface area contributed by atoms with Gasteiger partial charge in [-0.25, -0.2) is 0 Å². The molecule has 0 radical (unpaired) electrons. The molecule has 0 bridgehead atoms. The van der Waals surface area contributed by atoms with Gasteiger partial charge in [0.25, 0.3) is 0 Å². The van der Waals surface area contributed by atoms with Gasteiger partial charge in [-0.1, -0.05) is 42.5 Å². The van der Waals surface area contributed by atoms with E-state index >= 15 is 0 Å². The average Bonchev–Trinajstić information content (AvgIpc) is 3.43. The number of carbonyl (C=O) groups excluding carboxylic acids is 2. The van der Waals surface area contributed by atoms with Crippen molar-refractivity contribution in [1.82, 2.24) is 10.2 Å². The van der Waals surface area contributed by atoms with E-state index in [1.54, 1.807) is 0 Å². The number of nitrogens with two attached hydrogens (primary N) is 2. The molecule has 232 valence electrons. The summed E-state index contributed by atoms with van der Waals surface area (Å²) in [6.07, 6.45) is 15.7. The van der Waals surface area contributed by atoms with Gasteiger partial charge in [-0.15, -0.1) is 37.2 Å². The van der Waals surface area contributed by atoms with Crippen LogP contribution in [0.1, 0.15) is 56.1 Å². The summed E-state index contributed by atoms with van der Waals surface area (Å²) in [5.74, 6) is 0.359. The number of esters is 1. The number of rotatable bonds is 16. The van der Waals surface area contributed by atoms with Crippen LogP contribution in [0, 0.1) is 0 Å². The van der Waals surface area contributed by atoms with E-state index in [-0.39, 0.29) is 55.5 Å². The third-order valence-electron chi connectivity index (χ3n) is 7.35. The Morgan fingerprint density at radius 2 is 1.55 bits per heavy atom. The molecule has 5 N–H and O–H groups in total. The summed E-state index contributed by atoms with van der Waals surface area (Å²) in [6.45, 7) is 4.49. The predicted octanol–water partition coefficient (Wildman–Crippen LogP) is 3.74. The molecule has 2 aliphatic rings. The lowest BCUT2D eigenvalue weighted by Gasteiger charge is -2.22. The van der Waals surface area contributed by atoms with Gasteiger partial charge in [-0.05, 0) is 109 Å². The van der Waals surface area contributed by atoms with Gasteiger partial charge in [0.1, 0.15) is 5.76 Å². The van der Waals surface area contributed by atoms with Crippen molar-refractivity contribution in [1.29, 1.82) is 0 Å². The average molecular weight is 640 g/mol. The number of allylic oxidation sites excluding steroid dienone is 3. The van der Waals surface area contributed by atoms with Gasteiger partial charge < -0.3 is 26.4 Å². The maximum atomic E-state index is 12.8. The van der Waals surface area contributed by atoms with Gasteiger partial charge >= 0.3 is 5.97 Å². The Bertz CT molecular complexity index is 1360. The second-order valence-electron chi connectivity index (χ2n) is 10.2. The first-order valence-corrected chi connectivity index (χ1v) is 14.3. The lowest BCUT2D eigenvalue weighted by Crippen LogP contribution is -2.34. The summed E-state index contributed by atoms with van der Waals surface area (Å²) in [6, 6.07) is 8.61. The summed E-state index contributed by atoms with van der Waals surface area (Å²) >= 11 is 0. The number of carbonyl (C=O) groups is 2. The summed E-state index contributed by atoms with van der Waals surface area (Å²) < 4.78 is 5.66. The molecule has 2 aromatic carbocycles. The second-order valence-corrected chi connectivity index (χ2v) is 10.2. The van der Waals surface area contributed by atoms with E-state index in [4.69, 9.17) is 16.2 Å². The van der Waals surface area contributed by atoms with Crippen LogP contribution in [-0.2, 0) is 20.7 Å². The summed E-state index contributed by atoms with van der Waals surface area (Å²) in [4.78, 5) is 27.3. The fourth-order valence-electron chi connectivity index (χ4n) is 5.23. The molecule has 0 aliphatic heterocycles. The van der Waals surface area contributed by atoms with Crippen molar-refractivity contribution < 1.29 is 14.3 Å². The molecule has 4 rings (SSSR count). The van der Waals surface area contributed by atoms with Crippen LogP contribution in [0.25, 0.3) is 29.0 Å². The number of nitrogens with one attached hydrogen (secondary N) is 1. The van der Waals surface area contributed by atoms with E-state index < -0.39 is 0 Å². The maximum absolute atomic E-state index is 12.8. The fraction of sp³-hybridized carbons (Fsp3) is 0.438. The molecule has 0 fully saturated rings. The molecule has 0 aromatic heterocycles. The highest BCUT2D eigenvalue weighted by Crippen LogP contribution is 2.23. The molecule has 10 heteroatoms. The van der Waals surface area contributed by atoms with Crippen molar-refractivity contribution in [3.8, 4) is 0 Å². The maximum Gasteiger partial charge on any atom is 0.311 e. The molecule has 0 unspecified atom stereocenters. The van der Waals surface area contributed by atoms with Crippen molar-refractivity contribution in [2.45, 2.75) is 51.4 Å². The minimum Gasteiger partial charge on any atom is -0.427 e. The molecular formula is C32H45Cl3N4O3. The Hall–Kier alpha value is -2.39. The van der Waals surface area contributed by atoms with E-state index in [0.717, 1.165) is 57.0 Å². The molecule has 42 heavy (non-hydrogen) atoms. The van der Waals surface area contributed by atoms with E-state index in [0.29, 0.717) is 38.2 Å². The van der Waals surface area contributed by atoms with Crippen LogP contribution in [0.4, 0.5) is 0 Å². The Morgan fingerprint density at radius 3 is 2.33 bits per heavy atom.